The smallest absolute Gasteiger partial charge is 0.312 e. The Bertz CT molecular complexity index is 558. The van der Waals surface area contributed by atoms with E-state index in [1.54, 1.807) is 12.1 Å². The van der Waals surface area contributed by atoms with Crippen LogP contribution in [0.5, 0.6) is 5.75 Å². The van der Waals surface area contributed by atoms with Crippen LogP contribution in [0.3, 0.4) is 0 Å². The van der Waals surface area contributed by atoms with E-state index >= 15 is 0 Å². The summed E-state index contributed by atoms with van der Waals surface area (Å²) in [5.74, 6) is 0.337. The maximum absolute atomic E-state index is 11.2. The van der Waals surface area contributed by atoms with E-state index in [0.29, 0.717) is 10.2 Å². The highest BCUT2D eigenvalue weighted by molar-refractivity contribution is 9.10. The van der Waals surface area contributed by atoms with Gasteiger partial charge < -0.3 is 10.5 Å². The van der Waals surface area contributed by atoms with Crippen molar-refractivity contribution in [3.8, 4) is 5.75 Å². The molecule has 2 fully saturated rings. The van der Waals surface area contributed by atoms with Gasteiger partial charge in [-0.25, -0.2) is 0 Å². The molecule has 2 unspecified atom stereocenters. The molecule has 1 aromatic carbocycles. The van der Waals surface area contributed by atoms with Crippen molar-refractivity contribution in [1.82, 2.24) is 0 Å². The fraction of sp³-hybridized carbons (Fsp3) is 0.600. The van der Waals surface area contributed by atoms with Crippen molar-refractivity contribution in [2.75, 3.05) is 0 Å². The molecule has 2 saturated carbocycles. The summed E-state index contributed by atoms with van der Waals surface area (Å²) in [7, 11) is 0. The van der Waals surface area contributed by atoms with E-state index in [-0.39, 0.29) is 23.2 Å². The van der Waals surface area contributed by atoms with Crippen LogP contribution in [0.1, 0.15) is 38.5 Å². The summed E-state index contributed by atoms with van der Waals surface area (Å²) >= 11 is 3.36. The number of ether oxygens (including phenoxy) is 1. The van der Waals surface area contributed by atoms with Crippen molar-refractivity contribution in [2.45, 2.75) is 50.7 Å². The van der Waals surface area contributed by atoms with E-state index in [9.17, 15) is 10.1 Å². The first-order valence-corrected chi connectivity index (χ1v) is 8.19. The van der Waals surface area contributed by atoms with Crippen LogP contribution in [0.15, 0.2) is 22.7 Å². The van der Waals surface area contributed by atoms with E-state index in [2.05, 4.69) is 15.9 Å². The molecule has 0 radical (unpaired) electrons. The average molecular weight is 355 g/mol. The Labute approximate surface area is 132 Å². The van der Waals surface area contributed by atoms with Crippen molar-refractivity contribution in [1.29, 1.82) is 0 Å². The molecule has 1 aromatic rings. The minimum absolute atomic E-state index is 0.00907. The minimum atomic E-state index is -0.397. The third-order valence-corrected chi connectivity index (χ3v) is 5.66. The Balaban J connectivity index is 1.86. The number of rotatable bonds is 3. The van der Waals surface area contributed by atoms with E-state index in [0.717, 1.165) is 19.3 Å². The second-order valence-electron chi connectivity index (χ2n) is 6.09. The Morgan fingerprint density at radius 3 is 2.67 bits per heavy atom. The van der Waals surface area contributed by atoms with Gasteiger partial charge in [0, 0.05) is 23.9 Å². The number of nitrogens with zero attached hydrogens (tertiary/aromatic N) is 1. The summed E-state index contributed by atoms with van der Waals surface area (Å²) < 4.78 is 6.70. The van der Waals surface area contributed by atoms with Gasteiger partial charge in [-0.1, -0.05) is 25.3 Å². The molecule has 0 bridgehead atoms. The molecule has 0 amide bonds. The third kappa shape index (κ3) is 2.44. The summed E-state index contributed by atoms with van der Waals surface area (Å²) in [6.45, 7) is 0. The summed E-state index contributed by atoms with van der Waals surface area (Å²) in [5.41, 5.74) is 6.27. The van der Waals surface area contributed by atoms with Crippen LogP contribution in [-0.4, -0.2) is 17.1 Å². The number of benzene rings is 1. The van der Waals surface area contributed by atoms with Gasteiger partial charge in [0.1, 0.15) is 6.10 Å². The Hall–Kier alpha value is -1.14. The lowest BCUT2D eigenvalue weighted by atomic mass is 9.55. The largest absolute Gasteiger partial charge is 0.482 e. The van der Waals surface area contributed by atoms with Gasteiger partial charge >= 0.3 is 5.69 Å². The van der Waals surface area contributed by atoms with E-state index in [1.807, 2.05) is 0 Å². The zero-order valence-electron chi connectivity index (χ0n) is 11.8. The van der Waals surface area contributed by atoms with E-state index in [1.165, 1.54) is 25.3 Å². The molecule has 0 heterocycles. The molecule has 3 rings (SSSR count). The highest BCUT2D eigenvalue weighted by Crippen LogP contribution is 2.53. The molecule has 2 aliphatic rings. The first-order chi connectivity index (χ1) is 10.0. The number of nitro groups is 1. The second kappa shape index (κ2) is 5.57. The van der Waals surface area contributed by atoms with Crippen LogP contribution in [0.2, 0.25) is 0 Å². The third-order valence-electron chi connectivity index (χ3n) is 5.04. The normalized spacial score (nSPS) is 27.1. The van der Waals surface area contributed by atoms with Crippen molar-refractivity contribution < 1.29 is 9.66 Å². The van der Waals surface area contributed by atoms with E-state index < -0.39 is 4.92 Å². The molecule has 2 atom stereocenters. The SMILES string of the molecule is NC1CC(Oc2c(Br)cccc2[N+](=O)[O-])C12CCCCC2. The average Bonchev–Trinajstić information content (AvgIpc) is 2.49. The molecule has 114 valence electrons. The first-order valence-electron chi connectivity index (χ1n) is 7.40. The lowest BCUT2D eigenvalue weighted by molar-refractivity contribution is -0.386. The molecule has 1 spiro atoms. The highest BCUT2D eigenvalue weighted by atomic mass is 79.9. The lowest BCUT2D eigenvalue weighted by Gasteiger charge is -2.55. The van der Waals surface area contributed by atoms with Gasteiger partial charge in [-0.2, -0.15) is 0 Å². The second-order valence-corrected chi connectivity index (χ2v) is 6.94. The lowest BCUT2D eigenvalue weighted by Crippen LogP contribution is -2.64. The van der Waals surface area contributed by atoms with Crippen molar-refractivity contribution in [3.63, 3.8) is 0 Å². The van der Waals surface area contributed by atoms with Crippen molar-refractivity contribution in [3.05, 3.63) is 32.8 Å². The van der Waals surface area contributed by atoms with Crippen LogP contribution >= 0.6 is 15.9 Å². The number of hydrogen-bond acceptors (Lipinski definition) is 4. The van der Waals surface area contributed by atoms with E-state index in [4.69, 9.17) is 10.5 Å². The number of para-hydroxylation sites is 1. The van der Waals surface area contributed by atoms with Gasteiger partial charge in [0.2, 0.25) is 5.75 Å². The highest BCUT2D eigenvalue weighted by Gasteiger charge is 2.55. The minimum Gasteiger partial charge on any atom is -0.482 e. The molecule has 21 heavy (non-hydrogen) atoms. The predicted octanol–water partition coefficient (Wildman–Crippen LogP) is 3.79. The summed E-state index contributed by atoms with van der Waals surface area (Å²) in [6.07, 6.45) is 6.49. The number of halogens is 1. The van der Waals surface area contributed by atoms with Crippen LogP contribution < -0.4 is 10.5 Å². The number of hydrogen-bond donors (Lipinski definition) is 1. The summed E-state index contributed by atoms with van der Waals surface area (Å²) in [4.78, 5) is 10.8. The van der Waals surface area contributed by atoms with Gasteiger partial charge in [-0.05, 0) is 34.8 Å². The van der Waals surface area contributed by atoms with Crippen LogP contribution in [0, 0.1) is 15.5 Å². The van der Waals surface area contributed by atoms with Crippen LogP contribution in [0.4, 0.5) is 5.69 Å². The number of nitrogens with two attached hydrogens (primary N) is 1. The topological polar surface area (TPSA) is 78.4 Å². The van der Waals surface area contributed by atoms with Gasteiger partial charge in [0.25, 0.3) is 0 Å². The maximum Gasteiger partial charge on any atom is 0.312 e. The van der Waals surface area contributed by atoms with Crippen molar-refractivity contribution in [2.24, 2.45) is 11.1 Å². The van der Waals surface area contributed by atoms with Gasteiger partial charge in [0.05, 0.1) is 9.40 Å². The molecule has 0 saturated heterocycles. The maximum atomic E-state index is 11.2. The van der Waals surface area contributed by atoms with Gasteiger partial charge in [0.15, 0.2) is 0 Å². The fourth-order valence-electron chi connectivity index (χ4n) is 3.75. The van der Waals surface area contributed by atoms with Crippen molar-refractivity contribution >= 4 is 21.6 Å². The molecule has 0 aromatic heterocycles. The van der Waals surface area contributed by atoms with Crippen LogP contribution in [-0.2, 0) is 0 Å². The zero-order valence-corrected chi connectivity index (χ0v) is 13.3. The quantitative estimate of drug-likeness (QED) is 0.661. The summed E-state index contributed by atoms with van der Waals surface area (Å²) in [6, 6.07) is 5.06. The summed E-state index contributed by atoms with van der Waals surface area (Å²) in [5, 5.41) is 11.2. The molecular weight excluding hydrogens is 336 g/mol. The van der Waals surface area contributed by atoms with Gasteiger partial charge in [-0.3, -0.25) is 10.1 Å². The Morgan fingerprint density at radius 1 is 1.33 bits per heavy atom. The standard InChI is InChI=1S/C15H19BrN2O3/c16-10-5-4-6-11(18(19)20)14(10)21-13-9-12(17)15(13)7-2-1-3-8-15/h4-6,12-13H,1-3,7-9,17H2. The number of nitro benzene ring substituents is 1. The fourth-order valence-corrected chi connectivity index (χ4v) is 4.20. The Kier molecular flexibility index (Phi) is 3.92. The first kappa shape index (κ1) is 14.8. The molecule has 2 aliphatic carbocycles. The Morgan fingerprint density at radius 2 is 2.05 bits per heavy atom. The van der Waals surface area contributed by atoms with Crippen LogP contribution in [0.25, 0.3) is 0 Å². The monoisotopic (exact) mass is 354 g/mol. The molecule has 2 N–H and O–H groups in total. The zero-order chi connectivity index (χ0) is 15.0. The predicted molar refractivity (Wildman–Crippen MR) is 83.3 cm³/mol. The van der Waals surface area contributed by atoms with Gasteiger partial charge in [-0.15, -0.1) is 0 Å². The molecule has 6 heteroatoms. The molecular formula is C15H19BrN2O3. The molecule has 5 nitrogen and oxygen atoms in total. The molecule has 0 aliphatic heterocycles.